The van der Waals surface area contributed by atoms with Gasteiger partial charge in [0.1, 0.15) is 0 Å². The number of benzene rings is 1. The minimum absolute atomic E-state index is 0.00584. The maximum atomic E-state index is 12.3. The van der Waals surface area contributed by atoms with Crippen LogP contribution in [0.2, 0.25) is 0 Å². The molecule has 0 saturated carbocycles. The van der Waals surface area contributed by atoms with Crippen LogP contribution in [-0.2, 0) is 4.79 Å². The number of amides is 1. The molecule has 0 bridgehead atoms. The van der Waals surface area contributed by atoms with Crippen LogP contribution in [0.15, 0.2) is 35.4 Å². The van der Waals surface area contributed by atoms with Crippen molar-refractivity contribution in [2.45, 2.75) is 26.2 Å². The molecule has 0 aromatic heterocycles. The summed E-state index contributed by atoms with van der Waals surface area (Å²) in [6.45, 7) is 4.81. The molecule has 0 spiro atoms. The van der Waals surface area contributed by atoms with Crippen LogP contribution in [-0.4, -0.2) is 19.0 Å². The highest BCUT2D eigenvalue weighted by Gasteiger charge is 2.25. The molecule has 1 N–H and O–H groups in total. The van der Waals surface area contributed by atoms with Gasteiger partial charge in [0.2, 0.25) is 5.91 Å². The molecule has 0 fully saturated rings. The number of rotatable bonds is 7. The zero-order valence-corrected chi connectivity index (χ0v) is 11.4. The zero-order valence-electron chi connectivity index (χ0n) is 11.4. The third-order valence-electron chi connectivity index (χ3n) is 3.23. The van der Waals surface area contributed by atoms with E-state index in [9.17, 15) is 4.79 Å². The number of nitrogens with zero attached hydrogens (tertiary/aromatic N) is 3. The molecule has 102 valence electrons. The van der Waals surface area contributed by atoms with Crippen LogP contribution >= 0.6 is 0 Å². The SMILES string of the molecule is CCC(C)C(C(=O)NCCN=[N+]=[N-])c1ccccc1. The fourth-order valence-electron chi connectivity index (χ4n) is 2.02. The zero-order chi connectivity index (χ0) is 14.1. The molecule has 0 radical (unpaired) electrons. The van der Waals surface area contributed by atoms with Crippen LogP contribution in [0.4, 0.5) is 0 Å². The van der Waals surface area contributed by atoms with Gasteiger partial charge in [0.25, 0.3) is 0 Å². The molecular formula is C14H20N4O. The number of hydrogen-bond donors (Lipinski definition) is 1. The molecule has 0 aliphatic carbocycles. The van der Waals surface area contributed by atoms with Crippen molar-refractivity contribution in [1.29, 1.82) is 0 Å². The molecule has 0 heterocycles. The van der Waals surface area contributed by atoms with Crippen molar-refractivity contribution >= 4 is 5.91 Å². The van der Waals surface area contributed by atoms with E-state index < -0.39 is 0 Å². The van der Waals surface area contributed by atoms with E-state index in [-0.39, 0.29) is 24.3 Å². The average molecular weight is 260 g/mol. The molecule has 19 heavy (non-hydrogen) atoms. The molecule has 1 aromatic rings. The van der Waals surface area contributed by atoms with Gasteiger partial charge < -0.3 is 5.32 Å². The highest BCUT2D eigenvalue weighted by Crippen LogP contribution is 2.26. The lowest BCUT2D eigenvalue weighted by atomic mass is 9.85. The maximum absolute atomic E-state index is 12.3. The lowest BCUT2D eigenvalue weighted by Crippen LogP contribution is -2.34. The predicted octanol–water partition coefficient (Wildman–Crippen LogP) is 3.24. The monoisotopic (exact) mass is 260 g/mol. The fourth-order valence-corrected chi connectivity index (χ4v) is 2.02. The van der Waals surface area contributed by atoms with E-state index in [0.717, 1.165) is 12.0 Å². The van der Waals surface area contributed by atoms with Gasteiger partial charge in [-0.3, -0.25) is 4.79 Å². The first-order valence-corrected chi connectivity index (χ1v) is 6.54. The molecule has 2 unspecified atom stereocenters. The number of carbonyl (C=O) groups is 1. The van der Waals surface area contributed by atoms with Crippen LogP contribution in [0.3, 0.4) is 0 Å². The first-order valence-electron chi connectivity index (χ1n) is 6.54. The van der Waals surface area contributed by atoms with Gasteiger partial charge >= 0.3 is 0 Å². The van der Waals surface area contributed by atoms with E-state index in [1.165, 1.54) is 0 Å². The quantitative estimate of drug-likeness (QED) is 0.347. The van der Waals surface area contributed by atoms with E-state index in [1.54, 1.807) is 0 Å². The Morgan fingerprint density at radius 3 is 2.68 bits per heavy atom. The Balaban J connectivity index is 2.74. The summed E-state index contributed by atoms with van der Waals surface area (Å²) in [7, 11) is 0. The first kappa shape index (κ1) is 15.1. The third kappa shape index (κ3) is 4.64. The van der Waals surface area contributed by atoms with Crippen molar-refractivity contribution in [3.05, 3.63) is 46.3 Å². The van der Waals surface area contributed by atoms with Crippen LogP contribution in [0.5, 0.6) is 0 Å². The second kappa shape index (κ2) is 8.16. The number of hydrogen-bond acceptors (Lipinski definition) is 2. The topological polar surface area (TPSA) is 77.9 Å². The van der Waals surface area contributed by atoms with Crippen LogP contribution in [0.25, 0.3) is 10.4 Å². The van der Waals surface area contributed by atoms with Gasteiger partial charge in [-0.15, -0.1) is 0 Å². The lowest BCUT2D eigenvalue weighted by molar-refractivity contribution is -0.123. The van der Waals surface area contributed by atoms with Crippen molar-refractivity contribution in [2.24, 2.45) is 11.0 Å². The summed E-state index contributed by atoms with van der Waals surface area (Å²) >= 11 is 0. The first-order chi connectivity index (χ1) is 9.20. The summed E-state index contributed by atoms with van der Waals surface area (Å²) in [5, 5.41) is 6.23. The summed E-state index contributed by atoms with van der Waals surface area (Å²) in [6, 6.07) is 9.78. The summed E-state index contributed by atoms with van der Waals surface area (Å²) in [4.78, 5) is 14.9. The second-order valence-electron chi connectivity index (χ2n) is 4.52. The fraction of sp³-hybridized carbons (Fsp3) is 0.500. The van der Waals surface area contributed by atoms with Gasteiger partial charge in [-0.05, 0) is 17.0 Å². The molecular weight excluding hydrogens is 240 g/mol. The Labute approximate surface area is 113 Å². The van der Waals surface area contributed by atoms with Crippen molar-refractivity contribution in [3.63, 3.8) is 0 Å². The Kier molecular flexibility index (Phi) is 6.47. The smallest absolute Gasteiger partial charge is 0.227 e. The van der Waals surface area contributed by atoms with Crippen molar-refractivity contribution in [3.8, 4) is 0 Å². The second-order valence-corrected chi connectivity index (χ2v) is 4.52. The minimum atomic E-state index is -0.155. The highest BCUT2D eigenvalue weighted by molar-refractivity contribution is 5.83. The third-order valence-corrected chi connectivity index (χ3v) is 3.23. The number of carbonyl (C=O) groups excluding carboxylic acids is 1. The summed E-state index contributed by atoms with van der Waals surface area (Å²) < 4.78 is 0. The standard InChI is InChI=1S/C14H20N4O/c1-3-11(2)13(12-7-5-4-6-8-12)14(19)16-9-10-17-18-15/h4-8,11,13H,3,9-10H2,1-2H3,(H,16,19). The van der Waals surface area contributed by atoms with E-state index in [2.05, 4.69) is 29.2 Å². The molecule has 1 amide bonds. The average Bonchev–Trinajstić information content (AvgIpc) is 2.45. The number of azide groups is 1. The van der Waals surface area contributed by atoms with Crippen molar-refractivity contribution < 1.29 is 4.79 Å². The molecule has 5 heteroatoms. The van der Waals surface area contributed by atoms with Crippen LogP contribution < -0.4 is 5.32 Å². The van der Waals surface area contributed by atoms with E-state index >= 15 is 0 Å². The van der Waals surface area contributed by atoms with E-state index in [0.29, 0.717) is 6.54 Å². The highest BCUT2D eigenvalue weighted by atomic mass is 16.1. The van der Waals surface area contributed by atoms with Gasteiger partial charge in [0, 0.05) is 18.0 Å². The Bertz CT molecular complexity index is 440. The summed E-state index contributed by atoms with van der Waals surface area (Å²) in [5.41, 5.74) is 9.22. The van der Waals surface area contributed by atoms with Crippen molar-refractivity contribution in [1.82, 2.24) is 5.32 Å². The largest absolute Gasteiger partial charge is 0.355 e. The Hall–Kier alpha value is -2.00. The van der Waals surface area contributed by atoms with Crippen LogP contribution in [0.1, 0.15) is 31.7 Å². The van der Waals surface area contributed by atoms with Gasteiger partial charge in [0.05, 0.1) is 5.92 Å². The number of nitrogens with one attached hydrogen (secondary N) is 1. The van der Waals surface area contributed by atoms with Crippen LogP contribution in [0, 0.1) is 5.92 Å². The molecule has 2 atom stereocenters. The maximum Gasteiger partial charge on any atom is 0.227 e. The lowest BCUT2D eigenvalue weighted by Gasteiger charge is -2.22. The molecule has 0 aliphatic heterocycles. The Morgan fingerprint density at radius 1 is 1.42 bits per heavy atom. The molecule has 5 nitrogen and oxygen atoms in total. The minimum Gasteiger partial charge on any atom is -0.355 e. The van der Waals surface area contributed by atoms with Gasteiger partial charge in [0.15, 0.2) is 0 Å². The Morgan fingerprint density at radius 2 is 2.11 bits per heavy atom. The summed E-state index contributed by atoms with van der Waals surface area (Å²) in [6.07, 6.45) is 0.934. The van der Waals surface area contributed by atoms with E-state index in [1.807, 2.05) is 30.3 Å². The van der Waals surface area contributed by atoms with Gasteiger partial charge in [-0.1, -0.05) is 55.7 Å². The van der Waals surface area contributed by atoms with E-state index in [4.69, 9.17) is 5.53 Å². The molecule has 0 saturated heterocycles. The molecule has 1 rings (SSSR count). The van der Waals surface area contributed by atoms with Crippen molar-refractivity contribution in [2.75, 3.05) is 13.1 Å². The predicted molar refractivity (Wildman–Crippen MR) is 75.7 cm³/mol. The van der Waals surface area contributed by atoms with Gasteiger partial charge in [-0.25, -0.2) is 0 Å². The molecule has 1 aromatic carbocycles. The summed E-state index contributed by atoms with van der Waals surface area (Å²) in [5.74, 6) is 0.104. The molecule has 0 aliphatic rings. The normalized spacial score (nSPS) is 13.2. The van der Waals surface area contributed by atoms with Gasteiger partial charge in [-0.2, -0.15) is 0 Å².